The van der Waals surface area contributed by atoms with Crippen LogP contribution in [0, 0.1) is 5.92 Å². The lowest BCUT2D eigenvalue weighted by atomic mass is 10.2. The van der Waals surface area contributed by atoms with E-state index >= 15 is 0 Å². The highest BCUT2D eigenvalue weighted by atomic mass is 35.5. The van der Waals surface area contributed by atoms with Gasteiger partial charge >= 0.3 is 0 Å². The van der Waals surface area contributed by atoms with E-state index in [0.717, 1.165) is 10.7 Å². The van der Waals surface area contributed by atoms with E-state index in [0.29, 0.717) is 5.92 Å². The van der Waals surface area contributed by atoms with Gasteiger partial charge in [-0.3, -0.25) is 0 Å². The van der Waals surface area contributed by atoms with Gasteiger partial charge in [0, 0.05) is 5.92 Å². The maximum atomic E-state index is 5.75. The van der Waals surface area contributed by atoms with Gasteiger partial charge in [0.15, 0.2) is 0 Å². The lowest BCUT2D eigenvalue weighted by Gasteiger charge is -1.90. The Hall–Kier alpha value is -0.500. The van der Waals surface area contributed by atoms with Crippen LogP contribution in [0.2, 0.25) is 0 Å². The van der Waals surface area contributed by atoms with Crippen molar-refractivity contribution in [2.45, 2.75) is 12.8 Å². The van der Waals surface area contributed by atoms with Crippen molar-refractivity contribution in [3.63, 3.8) is 0 Å². The van der Waals surface area contributed by atoms with Gasteiger partial charge in [0.2, 0.25) is 0 Å². The molecule has 0 bridgehead atoms. The summed E-state index contributed by atoms with van der Waals surface area (Å²) in [6.45, 7) is 0. The van der Waals surface area contributed by atoms with Crippen molar-refractivity contribution in [3.05, 3.63) is 11.2 Å². The predicted octanol–water partition coefficient (Wildman–Crippen LogP) is 1.45. The number of allylic oxidation sites excluding steroid dienone is 1. The van der Waals surface area contributed by atoms with Crippen molar-refractivity contribution >= 4 is 17.3 Å². The summed E-state index contributed by atoms with van der Waals surface area (Å²) in [7, 11) is 0. The number of hydrogen-bond donors (Lipinski definition) is 0. The van der Waals surface area contributed by atoms with Crippen LogP contribution in [-0.4, -0.2) is 5.71 Å². The molecule has 0 N–H and O–H groups in total. The van der Waals surface area contributed by atoms with Gasteiger partial charge in [0.05, 0.1) is 16.9 Å². The molecule has 2 aliphatic rings. The summed E-state index contributed by atoms with van der Waals surface area (Å²) < 4.78 is 0. The topological polar surface area (TPSA) is 26.5 Å². The number of rotatable bonds is 1. The van der Waals surface area contributed by atoms with Crippen LogP contribution in [0.1, 0.15) is 12.8 Å². The average molecular weight is 142 g/mol. The maximum absolute atomic E-state index is 5.75. The van der Waals surface area contributed by atoms with Gasteiger partial charge in [-0.2, -0.15) is 10.5 Å². The molecular weight excluding hydrogens is 136 g/mol. The number of nitrogens with zero attached hydrogens (tertiary/aromatic N) is 2. The van der Waals surface area contributed by atoms with Crippen LogP contribution in [0.3, 0.4) is 0 Å². The van der Waals surface area contributed by atoms with Crippen molar-refractivity contribution < 1.29 is 0 Å². The molecule has 0 atom stereocenters. The van der Waals surface area contributed by atoms with Gasteiger partial charge in [-0.1, -0.05) is 11.6 Å². The van der Waals surface area contributed by atoms with E-state index in [-0.39, 0.29) is 0 Å². The molecule has 0 spiro atoms. The molecule has 0 aromatic rings. The first-order chi connectivity index (χ1) is 4.38. The zero-order chi connectivity index (χ0) is 6.27. The van der Waals surface area contributed by atoms with Crippen LogP contribution in [0.5, 0.6) is 0 Å². The fraction of sp³-hybridized carbons (Fsp3) is 0.500. The molecule has 1 saturated carbocycles. The van der Waals surface area contributed by atoms with Gasteiger partial charge in [-0.05, 0) is 12.8 Å². The number of hydrogen-bond acceptors (Lipinski definition) is 1. The van der Waals surface area contributed by atoms with Gasteiger partial charge in [0.25, 0.3) is 0 Å². The molecule has 0 amide bonds. The summed E-state index contributed by atoms with van der Waals surface area (Å²) in [6, 6.07) is 0. The highest BCUT2D eigenvalue weighted by molar-refractivity contribution is 6.44. The van der Waals surface area contributed by atoms with Crippen molar-refractivity contribution in [1.29, 1.82) is 0 Å². The molecule has 0 aromatic carbocycles. The van der Waals surface area contributed by atoms with E-state index in [4.69, 9.17) is 11.6 Å². The molecule has 0 aromatic heterocycles. The minimum absolute atomic E-state index is 0.625. The SMILES string of the molecule is ClC1=C[N]N=C1C1CC1. The smallest absolute Gasteiger partial charge is 0.0863 e. The molecular formula is C6H6ClN2. The van der Waals surface area contributed by atoms with Crippen molar-refractivity contribution in [2.75, 3.05) is 0 Å². The minimum atomic E-state index is 0.625. The fourth-order valence-corrected chi connectivity index (χ4v) is 1.12. The first-order valence-corrected chi connectivity index (χ1v) is 3.39. The highest BCUT2D eigenvalue weighted by Gasteiger charge is 2.31. The Morgan fingerprint density at radius 3 is 2.78 bits per heavy atom. The largest absolute Gasteiger partial charge is 0.157 e. The summed E-state index contributed by atoms with van der Waals surface area (Å²) in [4.78, 5) is 0. The summed E-state index contributed by atoms with van der Waals surface area (Å²) in [5.74, 6) is 0.625. The minimum Gasteiger partial charge on any atom is -0.157 e. The van der Waals surface area contributed by atoms with Gasteiger partial charge in [0.1, 0.15) is 0 Å². The Morgan fingerprint density at radius 2 is 2.33 bits per heavy atom. The van der Waals surface area contributed by atoms with Crippen molar-refractivity contribution in [2.24, 2.45) is 11.0 Å². The summed E-state index contributed by atoms with van der Waals surface area (Å²) in [6.07, 6.45) is 4.08. The van der Waals surface area contributed by atoms with Gasteiger partial charge < -0.3 is 0 Å². The Morgan fingerprint density at radius 1 is 1.56 bits per heavy atom. The molecule has 2 nitrogen and oxygen atoms in total. The van der Waals surface area contributed by atoms with Crippen LogP contribution in [0.15, 0.2) is 16.3 Å². The highest BCUT2D eigenvalue weighted by Crippen LogP contribution is 2.35. The van der Waals surface area contributed by atoms with Crippen LogP contribution < -0.4 is 5.43 Å². The molecule has 0 saturated heterocycles. The third kappa shape index (κ3) is 0.833. The Labute approximate surface area is 58.6 Å². The normalized spacial score (nSPS) is 25.0. The van der Waals surface area contributed by atoms with E-state index in [9.17, 15) is 0 Å². The molecule has 2 rings (SSSR count). The van der Waals surface area contributed by atoms with Crippen LogP contribution >= 0.6 is 11.6 Å². The molecule has 1 fully saturated rings. The third-order valence-electron chi connectivity index (χ3n) is 1.55. The predicted molar refractivity (Wildman–Crippen MR) is 36.2 cm³/mol. The summed E-state index contributed by atoms with van der Waals surface area (Å²) in [5, 5.41) is 4.63. The second kappa shape index (κ2) is 1.74. The lowest BCUT2D eigenvalue weighted by Crippen LogP contribution is -1.96. The Kier molecular flexibility index (Phi) is 1.02. The second-order valence-corrected chi connectivity index (χ2v) is 2.76. The summed E-state index contributed by atoms with van der Waals surface area (Å²) in [5.41, 5.74) is 4.70. The molecule has 3 heteroatoms. The Bertz CT molecular complexity index is 191. The van der Waals surface area contributed by atoms with Crippen molar-refractivity contribution in [3.8, 4) is 0 Å². The van der Waals surface area contributed by atoms with Crippen LogP contribution in [-0.2, 0) is 0 Å². The maximum Gasteiger partial charge on any atom is 0.0863 e. The molecule has 1 aliphatic carbocycles. The molecule has 9 heavy (non-hydrogen) atoms. The monoisotopic (exact) mass is 141 g/mol. The van der Waals surface area contributed by atoms with Crippen LogP contribution in [0.25, 0.3) is 0 Å². The zero-order valence-electron chi connectivity index (χ0n) is 4.84. The van der Waals surface area contributed by atoms with E-state index in [2.05, 4.69) is 10.5 Å². The van der Waals surface area contributed by atoms with Crippen LogP contribution in [0.4, 0.5) is 0 Å². The number of halogens is 1. The molecule has 1 radical (unpaired) electrons. The standard InChI is InChI=1S/C6H6ClN2/c7-5-3-8-9-6(5)4-1-2-4/h3-4H,1-2H2. The molecule has 1 heterocycles. The second-order valence-electron chi connectivity index (χ2n) is 2.35. The zero-order valence-corrected chi connectivity index (χ0v) is 5.60. The first-order valence-electron chi connectivity index (χ1n) is 3.01. The quantitative estimate of drug-likeness (QED) is 0.529. The van der Waals surface area contributed by atoms with E-state index < -0.39 is 0 Å². The fourth-order valence-electron chi connectivity index (χ4n) is 0.889. The van der Waals surface area contributed by atoms with Gasteiger partial charge in [-0.15, -0.1) is 0 Å². The van der Waals surface area contributed by atoms with Crippen molar-refractivity contribution in [1.82, 2.24) is 5.43 Å². The third-order valence-corrected chi connectivity index (χ3v) is 1.84. The first kappa shape index (κ1) is 5.30. The lowest BCUT2D eigenvalue weighted by molar-refractivity contribution is 0.958. The van der Waals surface area contributed by atoms with Gasteiger partial charge in [-0.25, -0.2) is 0 Å². The van der Waals surface area contributed by atoms with E-state index in [1.165, 1.54) is 12.8 Å². The molecule has 0 unspecified atom stereocenters. The summed E-state index contributed by atoms with van der Waals surface area (Å²) >= 11 is 5.75. The molecule has 1 aliphatic heterocycles. The average Bonchev–Trinajstić information content (AvgIpc) is 2.58. The van der Waals surface area contributed by atoms with E-state index in [1.807, 2.05) is 0 Å². The molecule has 47 valence electrons. The Balaban J connectivity index is 2.18. The van der Waals surface area contributed by atoms with E-state index in [1.54, 1.807) is 6.20 Å².